The average molecular weight is 557 g/mol. The summed E-state index contributed by atoms with van der Waals surface area (Å²) in [6.45, 7) is 4.68. The normalized spacial score (nSPS) is 22.7. The summed E-state index contributed by atoms with van der Waals surface area (Å²) in [7, 11) is 2.24. The molecule has 3 atom stereocenters. The quantitative estimate of drug-likeness (QED) is 0.282. The standard InChI is InChI=1S/C27H27ClN3O3.BrH/c1-18-7-12-25-22(15-18)23-17-31(2,16-19-8-10-20(11-9-19)30(33)34)14-13-26(23)29(25)27(32)21-5-3-4-6-24(21)28;/h3-12,15,23,26H,13-14,16-17H2,1-2H3;1H/q+1;/p-1. The van der Waals surface area contributed by atoms with Crippen LogP contribution in [0.25, 0.3) is 0 Å². The molecule has 8 heteroatoms. The van der Waals surface area contributed by atoms with Gasteiger partial charge in [0.05, 0.1) is 47.6 Å². The number of carbonyl (C=O) groups excluding carboxylic acids is 1. The molecule has 1 amide bonds. The zero-order valence-corrected chi connectivity index (χ0v) is 22.0. The maximum absolute atomic E-state index is 13.7. The molecule has 0 aliphatic carbocycles. The van der Waals surface area contributed by atoms with Crippen molar-refractivity contribution in [3.05, 3.63) is 104 Å². The second kappa shape index (κ2) is 9.72. The van der Waals surface area contributed by atoms with E-state index in [4.69, 9.17) is 11.6 Å². The van der Waals surface area contributed by atoms with Gasteiger partial charge in [-0.2, -0.15) is 0 Å². The van der Waals surface area contributed by atoms with E-state index in [0.29, 0.717) is 10.6 Å². The number of piperidine rings is 1. The average Bonchev–Trinajstić information content (AvgIpc) is 3.11. The lowest BCUT2D eigenvalue weighted by atomic mass is 9.87. The third kappa shape index (κ3) is 4.73. The molecule has 0 aromatic heterocycles. The van der Waals surface area contributed by atoms with Crippen LogP contribution in [0.15, 0.2) is 66.7 Å². The molecule has 2 heterocycles. The van der Waals surface area contributed by atoms with Gasteiger partial charge in [0.15, 0.2) is 0 Å². The Labute approximate surface area is 220 Å². The Balaban J connectivity index is 0.00000289. The predicted molar refractivity (Wildman–Crippen MR) is 133 cm³/mol. The number of likely N-dealkylation sites (N-methyl/N-ethyl adjacent to an activating group) is 1. The van der Waals surface area contributed by atoms with E-state index < -0.39 is 0 Å². The van der Waals surface area contributed by atoms with E-state index in [9.17, 15) is 14.9 Å². The lowest BCUT2D eigenvalue weighted by molar-refractivity contribution is -0.928. The van der Waals surface area contributed by atoms with Gasteiger partial charge in [-0.3, -0.25) is 14.9 Å². The highest BCUT2D eigenvalue weighted by Crippen LogP contribution is 2.47. The molecule has 1 fully saturated rings. The Morgan fingerprint density at radius 3 is 2.54 bits per heavy atom. The number of hydrogen-bond acceptors (Lipinski definition) is 3. The van der Waals surface area contributed by atoms with E-state index in [1.165, 1.54) is 11.1 Å². The second-order valence-electron chi connectivity index (χ2n) is 9.79. The molecule has 2 aliphatic rings. The Hall–Kier alpha value is -2.74. The topological polar surface area (TPSA) is 63.5 Å². The molecule has 3 aromatic carbocycles. The van der Waals surface area contributed by atoms with E-state index in [-0.39, 0.29) is 45.5 Å². The van der Waals surface area contributed by atoms with Gasteiger partial charge in [0.25, 0.3) is 11.6 Å². The van der Waals surface area contributed by atoms with Crippen molar-refractivity contribution in [1.82, 2.24) is 0 Å². The number of halogens is 2. The Bertz CT molecular complexity index is 1280. The molecular formula is C27H27BrClN3O3. The fraction of sp³-hybridized carbons (Fsp3) is 0.296. The fourth-order valence-corrected chi connectivity index (χ4v) is 5.87. The summed E-state index contributed by atoms with van der Waals surface area (Å²) in [5, 5.41) is 11.5. The van der Waals surface area contributed by atoms with Gasteiger partial charge in [0.2, 0.25) is 0 Å². The molecule has 1 saturated heterocycles. The maximum Gasteiger partial charge on any atom is 0.269 e. The van der Waals surface area contributed by atoms with Gasteiger partial charge in [-0.1, -0.05) is 41.4 Å². The smallest absolute Gasteiger partial charge is 0.269 e. The number of aryl methyl sites for hydroxylation is 1. The Morgan fingerprint density at radius 1 is 1.14 bits per heavy atom. The van der Waals surface area contributed by atoms with E-state index in [0.717, 1.165) is 41.8 Å². The molecule has 0 N–H and O–H groups in total. The molecule has 0 saturated carbocycles. The van der Waals surface area contributed by atoms with Crippen LogP contribution in [0.5, 0.6) is 0 Å². The minimum atomic E-state index is -0.367. The molecule has 2 aliphatic heterocycles. The molecule has 182 valence electrons. The van der Waals surface area contributed by atoms with Crippen molar-refractivity contribution in [2.24, 2.45) is 0 Å². The van der Waals surface area contributed by atoms with Gasteiger partial charge in [-0.05, 0) is 42.8 Å². The van der Waals surface area contributed by atoms with E-state index in [1.807, 2.05) is 29.2 Å². The van der Waals surface area contributed by atoms with Crippen molar-refractivity contribution in [1.29, 1.82) is 0 Å². The SMILES string of the molecule is Cc1ccc2c(c1)C1C[N+](C)(Cc3ccc([N+](=O)[O-])cc3)CCC1N2C(=O)c1ccccc1Cl.[Br-]. The minimum Gasteiger partial charge on any atom is -1.00 e. The van der Waals surface area contributed by atoms with Gasteiger partial charge >= 0.3 is 0 Å². The zero-order chi connectivity index (χ0) is 24.0. The first-order valence-electron chi connectivity index (χ1n) is 11.5. The van der Waals surface area contributed by atoms with Crippen LogP contribution in [0.3, 0.4) is 0 Å². The molecule has 3 unspecified atom stereocenters. The maximum atomic E-state index is 13.7. The molecule has 3 aromatic rings. The second-order valence-corrected chi connectivity index (χ2v) is 10.2. The van der Waals surface area contributed by atoms with Crippen LogP contribution in [-0.4, -0.2) is 41.5 Å². The summed E-state index contributed by atoms with van der Waals surface area (Å²) in [4.78, 5) is 26.3. The number of hydrogen-bond donors (Lipinski definition) is 0. The summed E-state index contributed by atoms with van der Waals surface area (Å²) in [5.74, 6) is 0.174. The van der Waals surface area contributed by atoms with Gasteiger partial charge in [0.1, 0.15) is 6.54 Å². The highest BCUT2D eigenvalue weighted by molar-refractivity contribution is 6.34. The summed E-state index contributed by atoms with van der Waals surface area (Å²) in [5.41, 5.74) is 5.11. The highest BCUT2D eigenvalue weighted by atomic mass is 79.9. The molecular weight excluding hydrogens is 530 g/mol. The third-order valence-corrected chi connectivity index (χ3v) is 7.60. The summed E-state index contributed by atoms with van der Waals surface area (Å²) < 4.78 is 0.820. The molecule has 5 rings (SSSR count). The van der Waals surface area contributed by atoms with Crippen molar-refractivity contribution in [3.63, 3.8) is 0 Å². The Kier molecular flexibility index (Phi) is 7.04. The zero-order valence-electron chi connectivity index (χ0n) is 19.7. The lowest BCUT2D eigenvalue weighted by Crippen LogP contribution is -3.00. The number of nitrogens with zero attached hydrogens (tertiary/aromatic N) is 3. The van der Waals surface area contributed by atoms with Crippen LogP contribution in [0, 0.1) is 17.0 Å². The van der Waals surface area contributed by atoms with Crippen LogP contribution in [0.1, 0.15) is 39.4 Å². The number of carbonyl (C=O) groups is 1. The molecule has 0 bridgehead atoms. The first-order chi connectivity index (χ1) is 16.3. The molecule has 35 heavy (non-hydrogen) atoms. The van der Waals surface area contributed by atoms with Crippen LogP contribution in [0.2, 0.25) is 5.02 Å². The molecule has 0 spiro atoms. The van der Waals surface area contributed by atoms with Crippen molar-refractivity contribution >= 4 is 28.9 Å². The van der Waals surface area contributed by atoms with Gasteiger partial charge < -0.3 is 26.4 Å². The van der Waals surface area contributed by atoms with Gasteiger partial charge in [-0.25, -0.2) is 0 Å². The number of anilines is 1. The van der Waals surface area contributed by atoms with Gasteiger partial charge in [0, 0.05) is 29.8 Å². The highest BCUT2D eigenvalue weighted by Gasteiger charge is 2.49. The number of benzene rings is 3. The summed E-state index contributed by atoms with van der Waals surface area (Å²) in [6.07, 6.45) is 0.873. The van der Waals surface area contributed by atoms with Crippen LogP contribution in [-0.2, 0) is 6.54 Å². The van der Waals surface area contributed by atoms with Crippen molar-refractivity contribution in [2.45, 2.75) is 31.8 Å². The number of quaternary nitrogens is 1. The number of amides is 1. The first kappa shape index (κ1) is 25.4. The number of non-ortho nitro benzene ring substituents is 1. The Morgan fingerprint density at radius 2 is 1.86 bits per heavy atom. The number of nitro groups is 1. The predicted octanol–water partition coefficient (Wildman–Crippen LogP) is 2.72. The number of nitro benzene ring substituents is 1. The lowest BCUT2D eigenvalue weighted by Gasteiger charge is -2.44. The largest absolute Gasteiger partial charge is 1.00 e. The summed E-state index contributed by atoms with van der Waals surface area (Å²) in [6, 6.07) is 20.5. The fourth-order valence-electron chi connectivity index (χ4n) is 5.65. The van der Waals surface area contributed by atoms with Gasteiger partial charge in [-0.15, -0.1) is 0 Å². The third-order valence-electron chi connectivity index (χ3n) is 7.27. The number of fused-ring (bicyclic) bond motifs is 3. The van der Waals surface area contributed by atoms with Crippen molar-refractivity contribution < 1.29 is 31.2 Å². The minimum absolute atomic E-state index is 0. The molecule has 6 nitrogen and oxygen atoms in total. The van der Waals surface area contributed by atoms with E-state index >= 15 is 0 Å². The first-order valence-corrected chi connectivity index (χ1v) is 11.9. The monoisotopic (exact) mass is 555 g/mol. The van der Waals surface area contributed by atoms with Crippen LogP contribution < -0.4 is 21.9 Å². The number of likely N-dealkylation sites (tertiary alicyclic amines) is 1. The van der Waals surface area contributed by atoms with Crippen LogP contribution in [0.4, 0.5) is 11.4 Å². The van der Waals surface area contributed by atoms with E-state index in [1.54, 1.807) is 24.3 Å². The van der Waals surface area contributed by atoms with Crippen LogP contribution >= 0.6 is 11.6 Å². The van der Waals surface area contributed by atoms with Crippen molar-refractivity contribution in [3.8, 4) is 0 Å². The van der Waals surface area contributed by atoms with E-state index in [2.05, 4.69) is 32.2 Å². The molecule has 0 radical (unpaired) electrons. The number of rotatable bonds is 4. The van der Waals surface area contributed by atoms with Crippen molar-refractivity contribution in [2.75, 3.05) is 25.0 Å². The summed E-state index contributed by atoms with van der Waals surface area (Å²) >= 11 is 6.40.